The zero-order valence-electron chi connectivity index (χ0n) is 10.9. The molecule has 1 aliphatic heterocycles. The van der Waals surface area contributed by atoms with Crippen molar-refractivity contribution >= 4 is 28.6 Å². The molecule has 20 heavy (non-hydrogen) atoms. The molecule has 1 aromatic carbocycles. The van der Waals surface area contributed by atoms with Crippen LogP contribution in [0.4, 0.5) is 10.5 Å². The Bertz CT molecular complexity index is 604. The summed E-state index contributed by atoms with van der Waals surface area (Å²) in [7, 11) is 0. The van der Waals surface area contributed by atoms with Crippen LogP contribution in [-0.2, 0) is 4.79 Å². The van der Waals surface area contributed by atoms with E-state index in [1.807, 2.05) is 13.0 Å². The van der Waals surface area contributed by atoms with Crippen LogP contribution in [0, 0.1) is 18.8 Å². The Labute approximate surface area is 121 Å². The minimum absolute atomic E-state index is 0.177. The lowest BCUT2D eigenvalue weighted by molar-refractivity contribution is -0.117. The van der Waals surface area contributed by atoms with Gasteiger partial charge in [-0.05, 0) is 24.6 Å². The van der Waals surface area contributed by atoms with Gasteiger partial charge in [0.25, 0.3) is 5.24 Å². The number of nitrogens with one attached hydrogen (secondary N) is 2. The summed E-state index contributed by atoms with van der Waals surface area (Å²) >= 11 is 1.10. The molecule has 1 aromatic rings. The number of carbonyl (C=O) groups excluding carboxylic acids is 2. The molecule has 2 amide bonds. The van der Waals surface area contributed by atoms with Crippen molar-refractivity contribution < 1.29 is 14.7 Å². The van der Waals surface area contributed by atoms with Gasteiger partial charge in [-0.2, -0.15) is 0 Å². The summed E-state index contributed by atoms with van der Waals surface area (Å²) in [5.74, 6) is 5.60. The van der Waals surface area contributed by atoms with Crippen molar-refractivity contribution in [3.8, 4) is 11.8 Å². The molecule has 0 saturated carbocycles. The van der Waals surface area contributed by atoms with E-state index in [1.165, 1.54) is 0 Å². The Hall–Kier alpha value is -1.97. The van der Waals surface area contributed by atoms with Gasteiger partial charge < -0.3 is 15.7 Å². The quantitative estimate of drug-likeness (QED) is 0.713. The number of thioether (sulfide) groups is 1. The van der Waals surface area contributed by atoms with Gasteiger partial charge >= 0.3 is 0 Å². The van der Waals surface area contributed by atoms with E-state index in [9.17, 15) is 9.59 Å². The second kappa shape index (κ2) is 6.46. The predicted octanol–water partition coefficient (Wildman–Crippen LogP) is 1.10. The van der Waals surface area contributed by atoms with Gasteiger partial charge in [0.2, 0.25) is 5.91 Å². The number of rotatable bonds is 2. The van der Waals surface area contributed by atoms with Gasteiger partial charge in [0, 0.05) is 17.0 Å². The van der Waals surface area contributed by atoms with Crippen molar-refractivity contribution in [1.82, 2.24) is 5.32 Å². The van der Waals surface area contributed by atoms with Gasteiger partial charge in [-0.1, -0.05) is 29.7 Å². The van der Waals surface area contributed by atoms with Crippen LogP contribution >= 0.6 is 11.8 Å². The molecule has 0 aromatic heterocycles. The molecule has 1 unspecified atom stereocenters. The maximum Gasteiger partial charge on any atom is 0.279 e. The topological polar surface area (TPSA) is 78.4 Å². The summed E-state index contributed by atoms with van der Waals surface area (Å²) < 4.78 is 0. The molecule has 1 heterocycles. The van der Waals surface area contributed by atoms with Crippen LogP contribution in [0.3, 0.4) is 0 Å². The molecule has 2 rings (SSSR count). The van der Waals surface area contributed by atoms with E-state index in [0.717, 1.165) is 22.9 Å². The Kier molecular flexibility index (Phi) is 4.66. The molecular formula is C14H14N2O3S. The Morgan fingerprint density at radius 3 is 3.05 bits per heavy atom. The fourth-order valence-corrected chi connectivity index (χ4v) is 2.50. The number of aliphatic hydroxyl groups excluding tert-OH is 1. The minimum Gasteiger partial charge on any atom is -0.384 e. The third-order valence-corrected chi connectivity index (χ3v) is 3.68. The molecule has 0 bridgehead atoms. The first-order chi connectivity index (χ1) is 9.60. The highest BCUT2D eigenvalue weighted by Gasteiger charge is 2.27. The van der Waals surface area contributed by atoms with E-state index in [0.29, 0.717) is 11.4 Å². The monoisotopic (exact) mass is 290 g/mol. The van der Waals surface area contributed by atoms with Crippen LogP contribution in [0.25, 0.3) is 0 Å². The first kappa shape index (κ1) is 14.4. The van der Waals surface area contributed by atoms with Crippen LogP contribution in [0.2, 0.25) is 0 Å². The number of amides is 2. The number of aliphatic hydroxyl groups is 1. The number of aryl methyl sites for hydroxylation is 1. The van der Waals surface area contributed by atoms with Crippen LogP contribution in [0.15, 0.2) is 18.2 Å². The summed E-state index contributed by atoms with van der Waals surface area (Å²) in [6, 6.07) is 4.88. The largest absolute Gasteiger partial charge is 0.384 e. The Morgan fingerprint density at radius 2 is 2.40 bits per heavy atom. The van der Waals surface area contributed by atoms with Crippen LogP contribution < -0.4 is 10.6 Å². The molecule has 3 N–H and O–H groups in total. The van der Waals surface area contributed by atoms with Gasteiger partial charge in [0.1, 0.15) is 12.6 Å². The maximum absolute atomic E-state index is 12.0. The molecule has 6 heteroatoms. The molecule has 1 saturated heterocycles. The van der Waals surface area contributed by atoms with E-state index >= 15 is 0 Å². The molecule has 104 valence electrons. The molecule has 0 radical (unpaired) electrons. The van der Waals surface area contributed by atoms with Crippen LogP contribution in [0.1, 0.15) is 11.1 Å². The number of benzene rings is 1. The third kappa shape index (κ3) is 3.53. The first-order valence-corrected chi connectivity index (χ1v) is 7.03. The van der Waals surface area contributed by atoms with Gasteiger partial charge in [0.15, 0.2) is 0 Å². The molecule has 1 atom stereocenters. The molecular weight excluding hydrogens is 276 g/mol. The highest BCUT2D eigenvalue weighted by molar-refractivity contribution is 8.14. The summed E-state index contributed by atoms with van der Waals surface area (Å²) in [6.45, 7) is 1.70. The molecule has 1 fully saturated rings. The number of hydrogen-bond acceptors (Lipinski definition) is 4. The lowest BCUT2D eigenvalue weighted by atomic mass is 10.1. The smallest absolute Gasteiger partial charge is 0.279 e. The lowest BCUT2D eigenvalue weighted by Gasteiger charge is -2.11. The highest BCUT2D eigenvalue weighted by Crippen LogP contribution is 2.17. The van der Waals surface area contributed by atoms with E-state index in [2.05, 4.69) is 22.5 Å². The van der Waals surface area contributed by atoms with Crippen molar-refractivity contribution in [2.45, 2.75) is 13.0 Å². The summed E-state index contributed by atoms with van der Waals surface area (Å²) in [6.07, 6.45) is 0. The first-order valence-electron chi connectivity index (χ1n) is 6.04. The molecule has 5 nitrogen and oxygen atoms in total. The van der Waals surface area contributed by atoms with Gasteiger partial charge in [-0.15, -0.1) is 0 Å². The normalized spacial score (nSPS) is 17.1. The average Bonchev–Trinajstić information content (AvgIpc) is 2.86. The fourth-order valence-electron chi connectivity index (χ4n) is 1.72. The highest BCUT2D eigenvalue weighted by atomic mass is 32.2. The molecule has 0 spiro atoms. The second-order valence-electron chi connectivity index (χ2n) is 4.27. The SMILES string of the molecule is Cc1ccc(NC(=O)C2CSC(=O)N2)cc1C#CCO. The zero-order valence-corrected chi connectivity index (χ0v) is 11.7. The average molecular weight is 290 g/mol. The number of hydrogen-bond donors (Lipinski definition) is 3. The van der Waals surface area contributed by atoms with Crippen molar-refractivity contribution in [2.75, 3.05) is 17.7 Å². The summed E-state index contributed by atoms with van der Waals surface area (Å²) in [5, 5.41) is 13.9. The van der Waals surface area contributed by atoms with Crippen LogP contribution in [-0.4, -0.2) is 34.7 Å². The fraction of sp³-hybridized carbons (Fsp3) is 0.286. The van der Waals surface area contributed by atoms with Gasteiger partial charge in [-0.3, -0.25) is 9.59 Å². The van der Waals surface area contributed by atoms with E-state index in [1.54, 1.807) is 12.1 Å². The Morgan fingerprint density at radius 1 is 1.60 bits per heavy atom. The number of carbonyl (C=O) groups is 2. The maximum atomic E-state index is 12.0. The summed E-state index contributed by atoms with van der Waals surface area (Å²) in [5.41, 5.74) is 2.34. The second-order valence-corrected chi connectivity index (χ2v) is 5.27. The lowest BCUT2D eigenvalue weighted by Crippen LogP contribution is -2.38. The van der Waals surface area contributed by atoms with E-state index in [4.69, 9.17) is 5.11 Å². The van der Waals surface area contributed by atoms with Crippen molar-refractivity contribution in [3.63, 3.8) is 0 Å². The van der Waals surface area contributed by atoms with Gasteiger partial charge in [-0.25, -0.2) is 0 Å². The summed E-state index contributed by atoms with van der Waals surface area (Å²) in [4.78, 5) is 23.0. The number of anilines is 1. The van der Waals surface area contributed by atoms with E-state index in [-0.39, 0.29) is 17.8 Å². The Balaban J connectivity index is 2.09. The minimum atomic E-state index is -0.499. The molecule has 1 aliphatic rings. The van der Waals surface area contributed by atoms with Crippen molar-refractivity contribution in [2.24, 2.45) is 0 Å². The van der Waals surface area contributed by atoms with E-state index < -0.39 is 6.04 Å². The van der Waals surface area contributed by atoms with Gasteiger partial charge in [0.05, 0.1) is 0 Å². The zero-order chi connectivity index (χ0) is 14.5. The van der Waals surface area contributed by atoms with Crippen LogP contribution in [0.5, 0.6) is 0 Å². The molecule has 0 aliphatic carbocycles. The van der Waals surface area contributed by atoms with Crippen molar-refractivity contribution in [1.29, 1.82) is 0 Å². The standard InChI is InChI=1S/C14H14N2O3S/c1-9-4-5-11(7-10(9)3-2-6-17)15-13(18)12-8-20-14(19)16-12/h4-5,7,12,17H,6,8H2,1H3,(H,15,18)(H,16,19). The third-order valence-electron chi connectivity index (χ3n) is 2.80. The predicted molar refractivity (Wildman–Crippen MR) is 78.6 cm³/mol. The van der Waals surface area contributed by atoms with Crippen molar-refractivity contribution in [3.05, 3.63) is 29.3 Å².